The van der Waals surface area contributed by atoms with Crippen LogP contribution in [-0.2, 0) is 0 Å². The predicted molar refractivity (Wildman–Crippen MR) is 78.8 cm³/mol. The van der Waals surface area contributed by atoms with Gasteiger partial charge in [0.2, 0.25) is 0 Å². The van der Waals surface area contributed by atoms with Crippen molar-refractivity contribution in [1.82, 2.24) is 0 Å². The van der Waals surface area contributed by atoms with Gasteiger partial charge in [-0.2, -0.15) is 0 Å². The zero-order chi connectivity index (χ0) is 14.7. The number of halogens is 1. The molecule has 0 heterocycles. The molecule has 104 valence electrons. The summed E-state index contributed by atoms with van der Waals surface area (Å²) in [6.45, 7) is 1.73. The highest BCUT2D eigenvalue weighted by atomic mass is 35.5. The van der Waals surface area contributed by atoms with Crippen molar-refractivity contribution in [3.05, 3.63) is 52.5 Å². The molecule has 2 N–H and O–H groups in total. The minimum absolute atomic E-state index is 0.0235. The topological polar surface area (TPSA) is 58.6 Å². The van der Waals surface area contributed by atoms with Crippen LogP contribution in [0.1, 0.15) is 15.9 Å². The lowest BCUT2D eigenvalue weighted by molar-refractivity contribution is 0.102. The second-order valence-corrected chi connectivity index (χ2v) is 4.68. The number of anilines is 1. The number of aryl methyl sites for hydroxylation is 1. The summed E-state index contributed by atoms with van der Waals surface area (Å²) in [7, 11) is 1.52. The Bertz CT molecular complexity index is 656. The Kier molecular flexibility index (Phi) is 4.15. The van der Waals surface area contributed by atoms with Crippen molar-refractivity contribution in [2.45, 2.75) is 6.92 Å². The van der Waals surface area contributed by atoms with E-state index in [0.29, 0.717) is 22.0 Å². The van der Waals surface area contributed by atoms with Crippen LogP contribution in [0.2, 0.25) is 5.02 Å². The van der Waals surface area contributed by atoms with Gasteiger partial charge in [-0.3, -0.25) is 4.79 Å². The van der Waals surface area contributed by atoms with Gasteiger partial charge < -0.3 is 15.2 Å². The van der Waals surface area contributed by atoms with E-state index < -0.39 is 5.91 Å². The van der Waals surface area contributed by atoms with Gasteiger partial charge in [0, 0.05) is 5.69 Å². The number of hydrogen-bond donors (Lipinski definition) is 2. The maximum atomic E-state index is 12.1. The molecule has 2 aromatic carbocycles. The number of amides is 1. The van der Waals surface area contributed by atoms with E-state index in [1.165, 1.54) is 7.11 Å². The molecule has 0 aromatic heterocycles. The fourth-order valence-corrected chi connectivity index (χ4v) is 2.04. The van der Waals surface area contributed by atoms with Crippen LogP contribution in [0.3, 0.4) is 0 Å². The van der Waals surface area contributed by atoms with Gasteiger partial charge in [-0.1, -0.05) is 23.7 Å². The zero-order valence-electron chi connectivity index (χ0n) is 11.1. The van der Waals surface area contributed by atoms with Crippen LogP contribution in [0, 0.1) is 6.92 Å². The van der Waals surface area contributed by atoms with E-state index in [4.69, 9.17) is 16.3 Å². The van der Waals surface area contributed by atoms with Crippen LogP contribution < -0.4 is 10.1 Å². The van der Waals surface area contributed by atoms with E-state index in [0.717, 1.165) is 0 Å². The molecular formula is C15H14ClNO3. The second-order valence-electron chi connectivity index (χ2n) is 4.27. The highest BCUT2D eigenvalue weighted by Crippen LogP contribution is 2.28. The Hall–Kier alpha value is -2.20. The first-order valence-electron chi connectivity index (χ1n) is 5.96. The third-order valence-electron chi connectivity index (χ3n) is 2.89. The average Bonchev–Trinajstić information content (AvgIpc) is 2.42. The molecule has 2 aromatic rings. The molecule has 0 aliphatic rings. The van der Waals surface area contributed by atoms with Crippen LogP contribution in [-0.4, -0.2) is 18.1 Å². The summed E-state index contributed by atoms with van der Waals surface area (Å²) in [4.78, 5) is 12.1. The Morgan fingerprint density at radius 2 is 2.05 bits per heavy atom. The number of hydrogen-bond acceptors (Lipinski definition) is 3. The normalized spacial score (nSPS) is 10.2. The van der Waals surface area contributed by atoms with E-state index in [9.17, 15) is 9.90 Å². The molecule has 0 aliphatic heterocycles. The van der Waals surface area contributed by atoms with Crippen molar-refractivity contribution in [1.29, 1.82) is 0 Å². The van der Waals surface area contributed by atoms with Crippen molar-refractivity contribution >= 4 is 23.2 Å². The molecule has 4 nitrogen and oxygen atoms in total. The summed E-state index contributed by atoms with van der Waals surface area (Å²) in [6.07, 6.45) is 0. The summed E-state index contributed by atoms with van der Waals surface area (Å²) >= 11 is 5.99. The van der Waals surface area contributed by atoms with Gasteiger partial charge in [0.25, 0.3) is 5.91 Å². The number of phenols is 1. The Labute approximate surface area is 122 Å². The number of ether oxygens (including phenoxy) is 1. The largest absolute Gasteiger partial charge is 0.507 e. The SMILES string of the molecule is COc1ccc(NC(=O)c2cccc(C)c2O)cc1Cl. The third-order valence-corrected chi connectivity index (χ3v) is 3.19. The molecule has 0 bridgehead atoms. The first-order chi connectivity index (χ1) is 9.52. The quantitative estimate of drug-likeness (QED) is 0.908. The molecule has 0 fully saturated rings. The standard InChI is InChI=1S/C15H14ClNO3/c1-9-4-3-5-11(14(9)18)15(19)17-10-6-7-13(20-2)12(16)8-10/h3-8,18H,1-2H3,(H,17,19). The lowest BCUT2D eigenvalue weighted by Gasteiger charge is -2.10. The van der Waals surface area contributed by atoms with Crippen LogP contribution >= 0.6 is 11.6 Å². The molecule has 20 heavy (non-hydrogen) atoms. The molecule has 5 heteroatoms. The number of carbonyl (C=O) groups excluding carboxylic acids is 1. The number of phenolic OH excluding ortho intramolecular Hbond substituents is 1. The van der Waals surface area contributed by atoms with Crippen molar-refractivity contribution in [2.75, 3.05) is 12.4 Å². The van der Waals surface area contributed by atoms with Crippen molar-refractivity contribution in [3.63, 3.8) is 0 Å². The molecule has 0 saturated carbocycles. The third kappa shape index (κ3) is 2.86. The van der Waals surface area contributed by atoms with Crippen LogP contribution in [0.4, 0.5) is 5.69 Å². The molecule has 0 atom stereocenters. The maximum Gasteiger partial charge on any atom is 0.259 e. The predicted octanol–water partition coefficient (Wildman–Crippen LogP) is 3.61. The summed E-state index contributed by atoms with van der Waals surface area (Å²) in [6, 6.07) is 9.93. The smallest absolute Gasteiger partial charge is 0.259 e. The van der Waals surface area contributed by atoms with Gasteiger partial charge in [0.15, 0.2) is 0 Å². The van der Waals surface area contributed by atoms with E-state index in [1.54, 1.807) is 43.3 Å². The first-order valence-corrected chi connectivity index (χ1v) is 6.34. The summed E-state index contributed by atoms with van der Waals surface area (Å²) in [5.41, 5.74) is 1.39. The van der Waals surface area contributed by atoms with E-state index >= 15 is 0 Å². The second kappa shape index (κ2) is 5.84. The number of nitrogens with one attached hydrogen (secondary N) is 1. The highest BCUT2D eigenvalue weighted by molar-refractivity contribution is 6.32. The Morgan fingerprint density at radius 3 is 2.70 bits per heavy atom. The average molecular weight is 292 g/mol. The lowest BCUT2D eigenvalue weighted by atomic mass is 10.1. The minimum Gasteiger partial charge on any atom is -0.507 e. The fraction of sp³-hybridized carbons (Fsp3) is 0.133. The molecule has 0 radical (unpaired) electrons. The van der Waals surface area contributed by atoms with Gasteiger partial charge in [0.05, 0.1) is 17.7 Å². The monoisotopic (exact) mass is 291 g/mol. The van der Waals surface area contributed by atoms with Gasteiger partial charge in [-0.05, 0) is 36.8 Å². The number of para-hydroxylation sites is 1. The van der Waals surface area contributed by atoms with E-state index in [1.807, 2.05) is 0 Å². The van der Waals surface area contributed by atoms with Gasteiger partial charge in [0.1, 0.15) is 11.5 Å². The van der Waals surface area contributed by atoms with Crippen molar-refractivity contribution in [3.8, 4) is 11.5 Å². The molecule has 2 rings (SSSR count). The van der Waals surface area contributed by atoms with Gasteiger partial charge in [-0.15, -0.1) is 0 Å². The summed E-state index contributed by atoms with van der Waals surface area (Å²) < 4.78 is 5.04. The minimum atomic E-state index is -0.396. The number of methoxy groups -OCH3 is 1. The van der Waals surface area contributed by atoms with Gasteiger partial charge in [-0.25, -0.2) is 0 Å². The molecule has 1 amide bonds. The zero-order valence-corrected chi connectivity index (χ0v) is 11.9. The Balaban J connectivity index is 2.24. The number of carbonyl (C=O) groups is 1. The van der Waals surface area contributed by atoms with Crippen molar-refractivity contribution < 1.29 is 14.6 Å². The number of rotatable bonds is 3. The lowest BCUT2D eigenvalue weighted by Crippen LogP contribution is -2.12. The molecular weight excluding hydrogens is 278 g/mol. The first kappa shape index (κ1) is 14.2. The fourth-order valence-electron chi connectivity index (χ4n) is 1.78. The van der Waals surface area contributed by atoms with E-state index in [-0.39, 0.29) is 11.3 Å². The van der Waals surface area contributed by atoms with Crippen LogP contribution in [0.15, 0.2) is 36.4 Å². The number of benzene rings is 2. The number of aromatic hydroxyl groups is 1. The maximum absolute atomic E-state index is 12.1. The van der Waals surface area contributed by atoms with Crippen LogP contribution in [0.25, 0.3) is 0 Å². The van der Waals surface area contributed by atoms with E-state index in [2.05, 4.69) is 5.32 Å². The molecule has 0 spiro atoms. The molecule has 0 unspecified atom stereocenters. The summed E-state index contributed by atoms with van der Waals surface area (Å²) in [5, 5.41) is 13.0. The van der Waals surface area contributed by atoms with Crippen LogP contribution in [0.5, 0.6) is 11.5 Å². The summed E-state index contributed by atoms with van der Waals surface area (Å²) in [5.74, 6) is 0.111. The Morgan fingerprint density at radius 1 is 1.30 bits per heavy atom. The highest BCUT2D eigenvalue weighted by Gasteiger charge is 2.13. The van der Waals surface area contributed by atoms with Crippen molar-refractivity contribution in [2.24, 2.45) is 0 Å². The van der Waals surface area contributed by atoms with Gasteiger partial charge >= 0.3 is 0 Å². The molecule has 0 aliphatic carbocycles. The molecule has 0 saturated heterocycles.